The molecule has 1 N–H and O–H groups in total. The van der Waals surface area contributed by atoms with E-state index in [-0.39, 0.29) is 19.1 Å². The van der Waals surface area contributed by atoms with Gasteiger partial charge in [0.1, 0.15) is 17.2 Å². The molecule has 26 heavy (non-hydrogen) atoms. The van der Waals surface area contributed by atoms with E-state index >= 15 is 0 Å². The highest BCUT2D eigenvalue weighted by Crippen LogP contribution is 2.24. The molecule has 0 unspecified atom stereocenters. The second-order valence-electron chi connectivity index (χ2n) is 5.80. The Morgan fingerprint density at radius 2 is 1.92 bits per heavy atom. The molecule has 0 aliphatic heterocycles. The van der Waals surface area contributed by atoms with Crippen molar-refractivity contribution in [2.75, 3.05) is 13.7 Å². The van der Waals surface area contributed by atoms with Crippen LogP contribution in [0.3, 0.4) is 0 Å². The SMILES string of the molecule is COc1cccc(-c2cc(CNC(=O)COc3cccc(C)c3)no2)c1. The van der Waals surface area contributed by atoms with E-state index in [0.29, 0.717) is 17.2 Å². The smallest absolute Gasteiger partial charge is 0.258 e. The Balaban J connectivity index is 1.52. The number of carbonyl (C=O) groups excluding carboxylic acids is 1. The second-order valence-corrected chi connectivity index (χ2v) is 5.80. The van der Waals surface area contributed by atoms with Gasteiger partial charge in [0.2, 0.25) is 0 Å². The third-order valence-corrected chi connectivity index (χ3v) is 3.74. The van der Waals surface area contributed by atoms with Gasteiger partial charge in [-0.25, -0.2) is 0 Å². The fourth-order valence-electron chi connectivity index (χ4n) is 2.40. The predicted octanol–water partition coefficient (Wildman–Crippen LogP) is 3.35. The lowest BCUT2D eigenvalue weighted by Crippen LogP contribution is -2.28. The summed E-state index contributed by atoms with van der Waals surface area (Å²) in [6, 6.07) is 16.8. The molecule has 0 saturated carbocycles. The number of nitrogens with one attached hydrogen (secondary N) is 1. The van der Waals surface area contributed by atoms with Crippen LogP contribution in [0.1, 0.15) is 11.3 Å². The van der Waals surface area contributed by atoms with Crippen LogP contribution in [0.25, 0.3) is 11.3 Å². The Kier molecular flexibility index (Phi) is 5.53. The van der Waals surface area contributed by atoms with Gasteiger partial charge in [0.25, 0.3) is 5.91 Å². The van der Waals surface area contributed by atoms with Crippen molar-refractivity contribution in [3.63, 3.8) is 0 Å². The molecule has 1 heterocycles. The van der Waals surface area contributed by atoms with Crippen molar-refractivity contribution in [3.05, 3.63) is 65.9 Å². The van der Waals surface area contributed by atoms with Gasteiger partial charge in [-0.15, -0.1) is 0 Å². The molecule has 0 saturated heterocycles. The number of methoxy groups -OCH3 is 1. The molecule has 6 heteroatoms. The number of hydrogen-bond acceptors (Lipinski definition) is 5. The first kappa shape index (κ1) is 17.5. The highest BCUT2D eigenvalue weighted by Gasteiger charge is 2.09. The first-order valence-electron chi connectivity index (χ1n) is 8.20. The first-order valence-corrected chi connectivity index (χ1v) is 8.20. The van der Waals surface area contributed by atoms with E-state index in [1.54, 1.807) is 13.2 Å². The highest BCUT2D eigenvalue weighted by molar-refractivity contribution is 5.77. The summed E-state index contributed by atoms with van der Waals surface area (Å²) in [7, 11) is 1.61. The van der Waals surface area contributed by atoms with Crippen molar-refractivity contribution in [1.29, 1.82) is 0 Å². The molecule has 0 radical (unpaired) electrons. The van der Waals surface area contributed by atoms with Crippen molar-refractivity contribution in [2.45, 2.75) is 13.5 Å². The molecule has 3 aromatic rings. The number of hydrogen-bond donors (Lipinski definition) is 1. The van der Waals surface area contributed by atoms with Crippen molar-refractivity contribution in [2.24, 2.45) is 0 Å². The maximum Gasteiger partial charge on any atom is 0.258 e. The maximum atomic E-state index is 11.9. The Morgan fingerprint density at radius 1 is 1.12 bits per heavy atom. The largest absolute Gasteiger partial charge is 0.497 e. The lowest BCUT2D eigenvalue weighted by atomic mass is 10.1. The molecule has 0 fully saturated rings. The Hall–Kier alpha value is -3.28. The third-order valence-electron chi connectivity index (χ3n) is 3.74. The van der Waals surface area contributed by atoms with Gasteiger partial charge in [0.05, 0.1) is 13.7 Å². The monoisotopic (exact) mass is 352 g/mol. The molecule has 3 rings (SSSR count). The zero-order valence-corrected chi connectivity index (χ0v) is 14.7. The van der Waals surface area contributed by atoms with Crippen LogP contribution in [-0.4, -0.2) is 24.8 Å². The van der Waals surface area contributed by atoms with Crippen LogP contribution in [0.4, 0.5) is 0 Å². The summed E-state index contributed by atoms with van der Waals surface area (Å²) in [6.45, 7) is 2.19. The van der Waals surface area contributed by atoms with Crippen LogP contribution in [0.5, 0.6) is 11.5 Å². The van der Waals surface area contributed by atoms with Gasteiger partial charge < -0.3 is 19.3 Å². The molecular weight excluding hydrogens is 332 g/mol. The lowest BCUT2D eigenvalue weighted by molar-refractivity contribution is -0.123. The zero-order chi connectivity index (χ0) is 18.4. The number of ether oxygens (including phenoxy) is 2. The number of benzene rings is 2. The number of carbonyl (C=O) groups is 1. The molecular formula is C20H20N2O4. The van der Waals surface area contributed by atoms with Crippen LogP contribution >= 0.6 is 0 Å². The highest BCUT2D eigenvalue weighted by atomic mass is 16.5. The second kappa shape index (κ2) is 8.20. The van der Waals surface area contributed by atoms with Gasteiger partial charge in [0.15, 0.2) is 12.4 Å². The fraction of sp³-hybridized carbons (Fsp3) is 0.200. The topological polar surface area (TPSA) is 73.6 Å². The average Bonchev–Trinajstić information content (AvgIpc) is 3.14. The molecule has 1 aromatic heterocycles. The predicted molar refractivity (Wildman–Crippen MR) is 97.0 cm³/mol. The number of aryl methyl sites for hydroxylation is 1. The van der Waals surface area contributed by atoms with E-state index < -0.39 is 0 Å². The summed E-state index contributed by atoms with van der Waals surface area (Å²) >= 11 is 0. The summed E-state index contributed by atoms with van der Waals surface area (Å²) in [5.74, 6) is 1.80. The number of rotatable bonds is 7. The first-order chi connectivity index (χ1) is 12.6. The van der Waals surface area contributed by atoms with Crippen LogP contribution in [-0.2, 0) is 11.3 Å². The van der Waals surface area contributed by atoms with Crippen molar-refractivity contribution < 1.29 is 18.8 Å². The van der Waals surface area contributed by atoms with Gasteiger partial charge in [0, 0.05) is 11.6 Å². The number of aromatic nitrogens is 1. The zero-order valence-electron chi connectivity index (χ0n) is 14.7. The molecule has 0 atom stereocenters. The molecule has 1 amide bonds. The van der Waals surface area contributed by atoms with Crippen molar-refractivity contribution >= 4 is 5.91 Å². The maximum absolute atomic E-state index is 11.9. The van der Waals surface area contributed by atoms with E-state index in [0.717, 1.165) is 16.9 Å². The van der Waals surface area contributed by atoms with Crippen LogP contribution in [0, 0.1) is 6.92 Å². The van der Waals surface area contributed by atoms with Crippen LogP contribution in [0.15, 0.2) is 59.1 Å². The average molecular weight is 352 g/mol. The van der Waals surface area contributed by atoms with Gasteiger partial charge >= 0.3 is 0 Å². The van der Waals surface area contributed by atoms with Crippen molar-refractivity contribution in [1.82, 2.24) is 10.5 Å². The third kappa shape index (κ3) is 4.63. The Morgan fingerprint density at radius 3 is 2.73 bits per heavy atom. The van der Waals surface area contributed by atoms with Crippen molar-refractivity contribution in [3.8, 4) is 22.8 Å². The summed E-state index contributed by atoms with van der Waals surface area (Å²) in [5.41, 5.74) is 2.57. The minimum Gasteiger partial charge on any atom is -0.497 e. The quantitative estimate of drug-likeness (QED) is 0.706. The molecule has 6 nitrogen and oxygen atoms in total. The minimum atomic E-state index is -0.225. The Bertz CT molecular complexity index is 889. The van der Waals surface area contributed by atoms with E-state index in [4.69, 9.17) is 14.0 Å². The van der Waals surface area contributed by atoms with E-state index in [2.05, 4.69) is 10.5 Å². The summed E-state index contributed by atoms with van der Waals surface area (Å²) in [6.07, 6.45) is 0. The lowest BCUT2D eigenvalue weighted by Gasteiger charge is -2.06. The molecule has 2 aromatic carbocycles. The van der Waals surface area contributed by atoms with Crippen LogP contribution < -0.4 is 14.8 Å². The molecule has 0 aliphatic carbocycles. The molecule has 0 bridgehead atoms. The van der Waals surface area contributed by atoms with Gasteiger partial charge in [-0.3, -0.25) is 4.79 Å². The molecule has 0 spiro atoms. The standard InChI is InChI=1S/C20H20N2O4/c1-14-5-3-8-18(9-14)25-13-20(23)21-12-16-11-19(26-22-16)15-6-4-7-17(10-15)24-2/h3-11H,12-13H2,1-2H3,(H,21,23). The number of nitrogens with zero attached hydrogens (tertiary/aromatic N) is 1. The van der Waals surface area contributed by atoms with E-state index in [1.807, 2.05) is 55.5 Å². The summed E-state index contributed by atoms with van der Waals surface area (Å²) in [4.78, 5) is 11.9. The molecule has 0 aliphatic rings. The summed E-state index contributed by atoms with van der Waals surface area (Å²) in [5, 5.41) is 6.74. The van der Waals surface area contributed by atoms with E-state index in [1.165, 1.54) is 0 Å². The number of amides is 1. The van der Waals surface area contributed by atoms with Gasteiger partial charge in [-0.05, 0) is 36.8 Å². The minimum absolute atomic E-state index is 0.0515. The summed E-state index contributed by atoms with van der Waals surface area (Å²) < 4.78 is 16.0. The fourth-order valence-corrected chi connectivity index (χ4v) is 2.40. The molecule has 134 valence electrons. The van der Waals surface area contributed by atoms with Gasteiger partial charge in [-0.2, -0.15) is 0 Å². The Labute approximate surface area is 151 Å². The van der Waals surface area contributed by atoms with Crippen LogP contribution in [0.2, 0.25) is 0 Å². The van der Waals surface area contributed by atoms with E-state index in [9.17, 15) is 4.79 Å². The van der Waals surface area contributed by atoms with Gasteiger partial charge in [-0.1, -0.05) is 29.4 Å². The normalized spacial score (nSPS) is 10.4.